The van der Waals surface area contributed by atoms with Crippen LogP contribution in [0.4, 0.5) is 5.13 Å². The van der Waals surface area contributed by atoms with Crippen LogP contribution in [0.3, 0.4) is 0 Å². The highest BCUT2D eigenvalue weighted by molar-refractivity contribution is 7.22. The molecule has 6 heteroatoms. The van der Waals surface area contributed by atoms with Crippen LogP contribution in [0.15, 0.2) is 27.4 Å². The summed E-state index contributed by atoms with van der Waals surface area (Å²) in [6.45, 7) is 2.00. The predicted octanol–water partition coefficient (Wildman–Crippen LogP) is 4.05. The van der Waals surface area contributed by atoms with E-state index in [1.54, 1.807) is 18.2 Å². The fraction of sp³-hybridized carbons (Fsp3) is 0.333. The highest BCUT2D eigenvalue weighted by Gasteiger charge is 2.18. The van der Waals surface area contributed by atoms with Gasteiger partial charge in [0, 0.05) is 18.1 Å². The van der Waals surface area contributed by atoms with Gasteiger partial charge in [-0.1, -0.05) is 22.9 Å². The number of halogens is 1. The average molecular weight is 321 g/mol. The van der Waals surface area contributed by atoms with Crippen molar-refractivity contribution in [2.24, 2.45) is 0 Å². The summed E-state index contributed by atoms with van der Waals surface area (Å²) in [7, 11) is 0. The molecule has 1 saturated heterocycles. The number of rotatable bonds is 1. The largest absolute Gasteiger partial charge is 0.437 e. The Balaban J connectivity index is 1.92. The first-order valence-corrected chi connectivity index (χ1v) is 8.20. The predicted molar refractivity (Wildman–Crippen MR) is 86.7 cm³/mol. The maximum absolute atomic E-state index is 12.6. The van der Waals surface area contributed by atoms with E-state index in [0.717, 1.165) is 18.2 Å². The van der Waals surface area contributed by atoms with E-state index in [1.165, 1.54) is 30.6 Å². The topological polar surface area (TPSA) is 46.3 Å². The Bertz CT molecular complexity index is 880. The third kappa shape index (κ3) is 2.21. The number of hydrogen-bond acceptors (Lipinski definition) is 5. The summed E-state index contributed by atoms with van der Waals surface area (Å²) < 4.78 is 6.34. The summed E-state index contributed by atoms with van der Waals surface area (Å²) in [5.41, 5.74) is 0.919. The first-order valence-electron chi connectivity index (χ1n) is 7.00. The van der Waals surface area contributed by atoms with Crippen LogP contribution >= 0.6 is 22.9 Å². The molecule has 21 heavy (non-hydrogen) atoms. The SMILES string of the molecule is O=c1c2cc(Cl)ccc2oc2nc(N3CCCCC3)sc12. The molecule has 4 nitrogen and oxygen atoms in total. The fourth-order valence-electron chi connectivity index (χ4n) is 2.72. The first-order chi connectivity index (χ1) is 10.2. The molecule has 1 fully saturated rings. The van der Waals surface area contributed by atoms with Gasteiger partial charge in [0.05, 0.1) is 5.39 Å². The van der Waals surface area contributed by atoms with Crippen LogP contribution in [0.1, 0.15) is 19.3 Å². The van der Waals surface area contributed by atoms with E-state index in [9.17, 15) is 4.79 Å². The summed E-state index contributed by atoms with van der Waals surface area (Å²) in [5.74, 6) is 0. The standard InChI is InChI=1S/C15H13ClN2O2S/c16-9-4-5-11-10(8-9)12(19)13-14(20-11)17-15(21-13)18-6-2-1-3-7-18/h4-5,8H,1-3,6-7H2. The molecule has 0 unspecified atom stereocenters. The lowest BCUT2D eigenvalue weighted by Gasteiger charge is -2.25. The zero-order valence-electron chi connectivity index (χ0n) is 11.3. The number of piperidine rings is 1. The van der Waals surface area contributed by atoms with Gasteiger partial charge in [-0.3, -0.25) is 4.79 Å². The molecule has 108 valence electrons. The minimum Gasteiger partial charge on any atom is -0.437 e. The van der Waals surface area contributed by atoms with Crippen LogP contribution < -0.4 is 10.3 Å². The summed E-state index contributed by atoms with van der Waals surface area (Å²) in [6, 6.07) is 5.09. The van der Waals surface area contributed by atoms with Crippen LogP contribution in [0, 0.1) is 0 Å². The Morgan fingerprint density at radius 3 is 2.86 bits per heavy atom. The molecule has 2 aromatic heterocycles. The highest BCUT2D eigenvalue weighted by atomic mass is 35.5. The molecule has 3 aromatic rings. The van der Waals surface area contributed by atoms with E-state index < -0.39 is 0 Å². The van der Waals surface area contributed by atoms with E-state index in [-0.39, 0.29) is 5.43 Å². The first kappa shape index (κ1) is 13.1. The number of fused-ring (bicyclic) bond motifs is 2. The van der Waals surface area contributed by atoms with Crippen molar-refractivity contribution >= 4 is 49.5 Å². The van der Waals surface area contributed by atoms with Gasteiger partial charge < -0.3 is 9.32 Å². The minimum atomic E-state index is -0.0468. The Labute approximate surface area is 130 Å². The van der Waals surface area contributed by atoms with E-state index in [1.807, 2.05) is 0 Å². The molecule has 0 radical (unpaired) electrons. The van der Waals surface area contributed by atoms with E-state index >= 15 is 0 Å². The van der Waals surface area contributed by atoms with Crippen molar-refractivity contribution in [3.8, 4) is 0 Å². The number of anilines is 1. The van der Waals surface area contributed by atoms with Crippen LogP contribution in [0.25, 0.3) is 21.4 Å². The van der Waals surface area contributed by atoms with Crippen molar-refractivity contribution in [3.63, 3.8) is 0 Å². The van der Waals surface area contributed by atoms with Crippen molar-refractivity contribution in [2.45, 2.75) is 19.3 Å². The maximum Gasteiger partial charge on any atom is 0.243 e. The van der Waals surface area contributed by atoms with Gasteiger partial charge in [0.15, 0.2) is 5.13 Å². The second kappa shape index (κ2) is 5.00. The van der Waals surface area contributed by atoms with Gasteiger partial charge >= 0.3 is 0 Å². The van der Waals surface area contributed by atoms with Crippen molar-refractivity contribution in [1.82, 2.24) is 4.98 Å². The van der Waals surface area contributed by atoms with E-state index in [4.69, 9.17) is 16.0 Å². The number of benzene rings is 1. The van der Waals surface area contributed by atoms with Gasteiger partial charge in [-0.05, 0) is 37.5 Å². The molecule has 1 aliphatic rings. The van der Waals surface area contributed by atoms with E-state index in [2.05, 4.69) is 9.88 Å². The Morgan fingerprint density at radius 1 is 1.24 bits per heavy atom. The van der Waals surface area contributed by atoms with Gasteiger partial charge in [0.2, 0.25) is 11.1 Å². The molecular weight excluding hydrogens is 308 g/mol. The monoisotopic (exact) mass is 320 g/mol. The summed E-state index contributed by atoms with van der Waals surface area (Å²) in [5, 5.41) is 1.94. The van der Waals surface area contributed by atoms with Gasteiger partial charge in [0.1, 0.15) is 10.3 Å². The lowest BCUT2D eigenvalue weighted by atomic mass is 10.1. The van der Waals surface area contributed by atoms with Crippen LogP contribution in [-0.2, 0) is 0 Å². The van der Waals surface area contributed by atoms with Crippen molar-refractivity contribution < 1.29 is 4.42 Å². The maximum atomic E-state index is 12.6. The highest BCUT2D eigenvalue weighted by Crippen LogP contribution is 2.31. The molecule has 0 bridgehead atoms. The number of thiazole rings is 1. The number of hydrogen-bond donors (Lipinski definition) is 0. The Hall–Kier alpha value is -1.59. The molecule has 0 aliphatic carbocycles. The van der Waals surface area contributed by atoms with E-state index in [0.29, 0.717) is 26.4 Å². The lowest BCUT2D eigenvalue weighted by Crippen LogP contribution is -2.29. The van der Waals surface area contributed by atoms with Crippen molar-refractivity contribution in [1.29, 1.82) is 0 Å². The Morgan fingerprint density at radius 2 is 2.05 bits per heavy atom. The van der Waals surface area contributed by atoms with Crippen LogP contribution in [0.5, 0.6) is 0 Å². The summed E-state index contributed by atoms with van der Waals surface area (Å²) in [4.78, 5) is 19.3. The number of aromatic nitrogens is 1. The molecule has 3 heterocycles. The lowest BCUT2D eigenvalue weighted by molar-refractivity contribution is 0.575. The van der Waals surface area contributed by atoms with Gasteiger partial charge in [-0.2, -0.15) is 4.98 Å². The molecule has 1 aliphatic heterocycles. The van der Waals surface area contributed by atoms with Gasteiger partial charge in [-0.15, -0.1) is 0 Å². The molecule has 1 aromatic carbocycles. The summed E-state index contributed by atoms with van der Waals surface area (Å²) in [6.07, 6.45) is 3.62. The van der Waals surface area contributed by atoms with Gasteiger partial charge in [0.25, 0.3) is 0 Å². The minimum absolute atomic E-state index is 0.0468. The number of nitrogens with zero attached hydrogens (tertiary/aromatic N) is 2. The zero-order chi connectivity index (χ0) is 14.4. The molecular formula is C15H13ClN2O2S. The molecule has 0 spiro atoms. The normalized spacial score (nSPS) is 16.0. The van der Waals surface area contributed by atoms with Crippen molar-refractivity contribution in [2.75, 3.05) is 18.0 Å². The Kier molecular flexibility index (Phi) is 3.12. The molecule has 4 rings (SSSR count). The molecule has 0 atom stereocenters. The van der Waals surface area contributed by atoms with Gasteiger partial charge in [-0.25, -0.2) is 0 Å². The molecule has 0 N–H and O–H groups in total. The fourth-order valence-corrected chi connectivity index (χ4v) is 3.90. The average Bonchev–Trinajstić information content (AvgIpc) is 2.94. The third-order valence-electron chi connectivity index (χ3n) is 3.81. The van der Waals surface area contributed by atoms with Crippen molar-refractivity contribution in [3.05, 3.63) is 33.4 Å². The molecule has 0 saturated carbocycles. The zero-order valence-corrected chi connectivity index (χ0v) is 12.8. The second-order valence-electron chi connectivity index (χ2n) is 5.25. The smallest absolute Gasteiger partial charge is 0.243 e. The summed E-state index contributed by atoms with van der Waals surface area (Å²) >= 11 is 7.38. The van der Waals surface area contributed by atoms with Crippen LogP contribution in [-0.4, -0.2) is 18.1 Å². The third-order valence-corrected chi connectivity index (χ3v) is 5.14. The van der Waals surface area contributed by atoms with Crippen LogP contribution in [0.2, 0.25) is 5.02 Å². The second-order valence-corrected chi connectivity index (χ2v) is 6.66. The quantitative estimate of drug-likeness (QED) is 0.678. The molecule has 0 amide bonds.